The third-order valence-electron chi connectivity index (χ3n) is 13.3. The summed E-state index contributed by atoms with van der Waals surface area (Å²) in [5.41, 5.74) is 0. The summed E-state index contributed by atoms with van der Waals surface area (Å²) >= 11 is 0. The van der Waals surface area contributed by atoms with E-state index in [2.05, 4.69) is 43.5 Å². The van der Waals surface area contributed by atoms with Crippen molar-refractivity contribution in [2.45, 2.75) is 328 Å². The monoisotopic (exact) mass is 884 g/mol. The van der Waals surface area contributed by atoms with E-state index in [4.69, 9.17) is 0 Å². The topological polar surface area (TPSA) is 69.6 Å². The molecule has 2 unspecified atom stereocenters. The summed E-state index contributed by atoms with van der Waals surface area (Å²) in [7, 11) is 0. The predicted molar refractivity (Wildman–Crippen MR) is 281 cm³/mol. The van der Waals surface area contributed by atoms with Crippen LogP contribution in [0, 0.1) is 0 Å². The van der Waals surface area contributed by atoms with Crippen LogP contribution in [0.25, 0.3) is 0 Å². The predicted octanol–water partition coefficient (Wildman–Crippen LogP) is 18.9. The second kappa shape index (κ2) is 54.9. The van der Waals surface area contributed by atoms with Gasteiger partial charge in [0, 0.05) is 6.42 Å². The minimum Gasteiger partial charge on any atom is -0.394 e. The zero-order valence-electron chi connectivity index (χ0n) is 42.9. The van der Waals surface area contributed by atoms with Crippen LogP contribution in [0.1, 0.15) is 316 Å². The Hall–Kier alpha value is -1.39. The van der Waals surface area contributed by atoms with Crippen LogP contribution < -0.4 is 5.32 Å². The fraction of sp³-hybridized carbons (Fsp3) is 0.881. The van der Waals surface area contributed by atoms with E-state index in [1.807, 2.05) is 6.08 Å². The molecule has 0 aliphatic rings. The van der Waals surface area contributed by atoms with Crippen LogP contribution in [-0.4, -0.2) is 34.9 Å². The summed E-state index contributed by atoms with van der Waals surface area (Å²) in [5, 5.41) is 23.1. The van der Waals surface area contributed by atoms with Crippen molar-refractivity contribution in [1.29, 1.82) is 0 Å². The maximum Gasteiger partial charge on any atom is 0.220 e. The van der Waals surface area contributed by atoms with Crippen LogP contribution in [0.15, 0.2) is 36.5 Å². The van der Waals surface area contributed by atoms with E-state index in [-0.39, 0.29) is 12.5 Å². The van der Waals surface area contributed by atoms with Gasteiger partial charge in [0.25, 0.3) is 0 Å². The van der Waals surface area contributed by atoms with Gasteiger partial charge in [-0.3, -0.25) is 4.79 Å². The Morgan fingerprint density at radius 1 is 0.365 bits per heavy atom. The molecule has 63 heavy (non-hydrogen) atoms. The fourth-order valence-corrected chi connectivity index (χ4v) is 8.96. The van der Waals surface area contributed by atoms with E-state index in [9.17, 15) is 15.0 Å². The average molecular weight is 885 g/mol. The number of hydrogen-bond donors (Lipinski definition) is 3. The van der Waals surface area contributed by atoms with Gasteiger partial charge in [-0.1, -0.05) is 288 Å². The first-order valence-corrected chi connectivity index (χ1v) is 28.7. The lowest BCUT2D eigenvalue weighted by Gasteiger charge is -2.19. The van der Waals surface area contributed by atoms with Crippen molar-refractivity contribution >= 4 is 5.91 Å². The van der Waals surface area contributed by atoms with Crippen molar-refractivity contribution in [1.82, 2.24) is 5.32 Å². The Labute approximate surface area is 395 Å². The number of allylic oxidation sites excluding steroid dienone is 5. The Bertz CT molecular complexity index is 958. The molecule has 0 rings (SSSR count). The number of carbonyl (C=O) groups excluding carboxylic acids is 1. The van der Waals surface area contributed by atoms with Gasteiger partial charge in [-0.15, -0.1) is 0 Å². The first-order valence-electron chi connectivity index (χ1n) is 28.7. The molecular weight excluding hydrogens is 771 g/mol. The van der Waals surface area contributed by atoms with E-state index in [1.165, 1.54) is 263 Å². The molecule has 0 aromatic rings. The van der Waals surface area contributed by atoms with Gasteiger partial charge in [-0.2, -0.15) is 0 Å². The second-order valence-corrected chi connectivity index (χ2v) is 19.7. The van der Waals surface area contributed by atoms with Crippen molar-refractivity contribution < 1.29 is 15.0 Å². The summed E-state index contributed by atoms with van der Waals surface area (Å²) in [4.78, 5) is 12.5. The molecule has 0 aliphatic heterocycles. The molecule has 0 spiro atoms. The zero-order valence-corrected chi connectivity index (χ0v) is 42.9. The van der Waals surface area contributed by atoms with Crippen LogP contribution in [0.5, 0.6) is 0 Å². The Balaban J connectivity index is 3.47. The molecule has 4 heteroatoms. The van der Waals surface area contributed by atoms with Crippen LogP contribution in [-0.2, 0) is 4.79 Å². The Morgan fingerprint density at radius 3 is 0.921 bits per heavy atom. The minimum absolute atomic E-state index is 0.0682. The molecule has 0 saturated heterocycles. The van der Waals surface area contributed by atoms with Gasteiger partial charge in [0.1, 0.15) is 0 Å². The summed E-state index contributed by atoms with van der Waals surface area (Å²) in [6.45, 7) is 4.33. The van der Waals surface area contributed by atoms with E-state index < -0.39 is 12.1 Å². The number of amides is 1. The maximum absolute atomic E-state index is 12.5. The summed E-state index contributed by atoms with van der Waals surface area (Å²) in [5.74, 6) is -0.0682. The Morgan fingerprint density at radius 2 is 0.619 bits per heavy atom. The van der Waals surface area contributed by atoms with Gasteiger partial charge in [0.05, 0.1) is 18.8 Å². The summed E-state index contributed by atoms with van der Waals surface area (Å²) in [6, 6.07) is -0.638. The molecule has 0 aromatic heterocycles. The molecule has 0 aromatic carbocycles. The minimum atomic E-state index is -0.861. The van der Waals surface area contributed by atoms with Gasteiger partial charge in [-0.25, -0.2) is 0 Å². The number of unbranched alkanes of at least 4 members (excludes halogenated alkanes) is 42. The van der Waals surface area contributed by atoms with Gasteiger partial charge >= 0.3 is 0 Å². The molecule has 0 fully saturated rings. The average Bonchev–Trinajstić information content (AvgIpc) is 3.29. The number of aliphatic hydroxyl groups is 2. The molecule has 0 bridgehead atoms. The largest absolute Gasteiger partial charge is 0.394 e. The van der Waals surface area contributed by atoms with Gasteiger partial charge in [-0.05, 0) is 57.8 Å². The van der Waals surface area contributed by atoms with Crippen molar-refractivity contribution in [3.05, 3.63) is 36.5 Å². The summed E-state index contributed by atoms with van der Waals surface area (Å²) < 4.78 is 0. The molecule has 0 saturated carbocycles. The van der Waals surface area contributed by atoms with E-state index >= 15 is 0 Å². The van der Waals surface area contributed by atoms with Crippen LogP contribution in [0.3, 0.4) is 0 Å². The molecule has 0 aliphatic carbocycles. The molecule has 1 amide bonds. The smallest absolute Gasteiger partial charge is 0.220 e. The molecule has 3 N–H and O–H groups in total. The van der Waals surface area contributed by atoms with Gasteiger partial charge in [0.15, 0.2) is 0 Å². The third kappa shape index (κ3) is 51.5. The third-order valence-corrected chi connectivity index (χ3v) is 13.3. The molecule has 372 valence electrons. The van der Waals surface area contributed by atoms with Crippen molar-refractivity contribution in [2.24, 2.45) is 0 Å². The maximum atomic E-state index is 12.5. The van der Waals surface area contributed by atoms with Crippen LogP contribution >= 0.6 is 0 Å². The standard InChI is InChI=1S/C59H113NO3/c1-3-5-7-9-11-13-15-17-19-21-23-25-26-27-28-29-30-31-32-33-34-35-37-39-41-43-45-47-49-51-53-55-59(63)60-57(56-61)58(62)54-52-50-48-46-44-42-40-38-36-24-22-20-18-16-14-12-10-8-6-4-2/h21,23,44,46,52,54,57-58,61-62H,3-20,22,24-43,45,47-51,53,55-56H2,1-2H3,(H,60,63)/b23-21-,46-44+,54-52+. The highest BCUT2D eigenvalue weighted by Gasteiger charge is 2.18. The number of rotatable bonds is 53. The SMILES string of the molecule is CCCCCCCCCC/C=C\CCCCCCCCCCCCCCCCCCCCCC(=O)NC(CO)C(O)/C=C/CC/C=C/CCCCCCCCCCCCCCCC. The molecule has 0 heterocycles. The molecular formula is C59H113NO3. The van der Waals surface area contributed by atoms with Gasteiger partial charge in [0.2, 0.25) is 5.91 Å². The Kier molecular flexibility index (Phi) is 53.7. The van der Waals surface area contributed by atoms with E-state index in [0.29, 0.717) is 6.42 Å². The second-order valence-electron chi connectivity index (χ2n) is 19.7. The number of carbonyl (C=O) groups is 1. The van der Waals surface area contributed by atoms with Gasteiger partial charge < -0.3 is 15.5 Å². The first kappa shape index (κ1) is 61.6. The highest BCUT2D eigenvalue weighted by molar-refractivity contribution is 5.76. The fourth-order valence-electron chi connectivity index (χ4n) is 8.96. The van der Waals surface area contributed by atoms with E-state index in [1.54, 1.807) is 6.08 Å². The lowest BCUT2D eigenvalue weighted by molar-refractivity contribution is -0.123. The zero-order chi connectivity index (χ0) is 45.6. The number of aliphatic hydroxyl groups excluding tert-OH is 2. The lowest BCUT2D eigenvalue weighted by atomic mass is 10.0. The van der Waals surface area contributed by atoms with Crippen LogP contribution in [0.4, 0.5) is 0 Å². The number of nitrogens with one attached hydrogen (secondary N) is 1. The first-order chi connectivity index (χ1) is 31.2. The highest BCUT2D eigenvalue weighted by Crippen LogP contribution is 2.17. The van der Waals surface area contributed by atoms with E-state index in [0.717, 1.165) is 32.1 Å². The van der Waals surface area contributed by atoms with Crippen molar-refractivity contribution in [2.75, 3.05) is 6.61 Å². The van der Waals surface area contributed by atoms with Crippen molar-refractivity contribution in [3.8, 4) is 0 Å². The summed E-state index contributed by atoms with van der Waals surface area (Å²) in [6.07, 6.45) is 74.6. The lowest BCUT2D eigenvalue weighted by Crippen LogP contribution is -2.45. The number of hydrogen-bond acceptors (Lipinski definition) is 3. The molecule has 0 radical (unpaired) electrons. The molecule has 2 atom stereocenters. The highest BCUT2D eigenvalue weighted by atomic mass is 16.3. The normalized spacial score (nSPS) is 13.0. The molecule has 4 nitrogen and oxygen atoms in total. The van der Waals surface area contributed by atoms with Crippen molar-refractivity contribution in [3.63, 3.8) is 0 Å². The quantitative estimate of drug-likeness (QED) is 0.0421. The van der Waals surface area contributed by atoms with Crippen LogP contribution in [0.2, 0.25) is 0 Å².